The monoisotopic (exact) mass is 254 g/mol. The number of hydrogen-bond acceptors (Lipinski definition) is 2. The van der Waals surface area contributed by atoms with Gasteiger partial charge in [-0.1, -0.05) is 23.2 Å². The summed E-state index contributed by atoms with van der Waals surface area (Å²) in [6.07, 6.45) is -4.76. The molecule has 0 aliphatic carbocycles. The first kappa shape index (κ1) is 12.0. The summed E-state index contributed by atoms with van der Waals surface area (Å²) in [6, 6.07) is 2.35. The molecule has 1 aromatic rings. The van der Waals surface area contributed by atoms with Gasteiger partial charge in [-0.05, 0) is 6.07 Å². The summed E-state index contributed by atoms with van der Waals surface area (Å²) in [5.41, 5.74) is 2.46. The zero-order valence-corrected chi connectivity index (χ0v) is 8.50. The van der Waals surface area contributed by atoms with E-state index >= 15 is 0 Å². The third kappa shape index (κ3) is 2.11. The Morgan fingerprint density at radius 1 is 1.27 bits per heavy atom. The van der Waals surface area contributed by atoms with Gasteiger partial charge in [-0.25, -0.2) is 0 Å². The second kappa shape index (κ2) is 3.80. The number of anilines is 1. The van der Waals surface area contributed by atoms with Crippen LogP contribution in [-0.4, -0.2) is 0 Å². The van der Waals surface area contributed by atoms with E-state index in [2.05, 4.69) is 0 Å². The highest BCUT2D eigenvalue weighted by atomic mass is 35.5. The lowest BCUT2D eigenvalue weighted by atomic mass is 10.1. The van der Waals surface area contributed by atoms with E-state index in [-0.39, 0.29) is 10.0 Å². The average Bonchev–Trinajstić information content (AvgIpc) is 2.08. The molecule has 2 N–H and O–H groups in total. The number of alkyl halides is 3. The molecule has 0 radical (unpaired) electrons. The summed E-state index contributed by atoms with van der Waals surface area (Å²) in [6.45, 7) is 0. The van der Waals surface area contributed by atoms with Crippen molar-refractivity contribution in [1.82, 2.24) is 0 Å². The predicted molar refractivity (Wildman–Crippen MR) is 50.6 cm³/mol. The molecule has 0 heterocycles. The van der Waals surface area contributed by atoms with E-state index in [4.69, 9.17) is 34.2 Å². The molecule has 0 aliphatic heterocycles. The van der Waals surface area contributed by atoms with Gasteiger partial charge in [-0.2, -0.15) is 18.4 Å². The van der Waals surface area contributed by atoms with Gasteiger partial charge in [0, 0.05) is 0 Å². The van der Waals surface area contributed by atoms with Crippen LogP contribution in [0.3, 0.4) is 0 Å². The lowest BCUT2D eigenvalue weighted by Gasteiger charge is -2.13. The highest BCUT2D eigenvalue weighted by Gasteiger charge is 2.38. The molecule has 15 heavy (non-hydrogen) atoms. The molecule has 0 fully saturated rings. The predicted octanol–water partition coefficient (Wildman–Crippen LogP) is 3.47. The molecule has 0 spiro atoms. The van der Waals surface area contributed by atoms with E-state index in [1.54, 1.807) is 0 Å². The van der Waals surface area contributed by atoms with Gasteiger partial charge >= 0.3 is 6.18 Å². The molecule has 0 aliphatic rings. The fourth-order valence-electron chi connectivity index (χ4n) is 1.04. The third-order valence-electron chi connectivity index (χ3n) is 1.66. The van der Waals surface area contributed by atoms with Gasteiger partial charge < -0.3 is 5.73 Å². The summed E-state index contributed by atoms with van der Waals surface area (Å²) < 4.78 is 37.5. The number of nitrogen functional groups attached to an aromatic ring is 1. The van der Waals surface area contributed by atoms with E-state index in [1.165, 1.54) is 6.07 Å². The van der Waals surface area contributed by atoms with Crippen molar-refractivity contribution in [2.75, 3.05) is 5.73 Å². The minimum absolute atomic E-state index is 0.327. The minimum atomic E-state index is -4.76. The van der Waals surface area contributed by atoms with Gasteiger partial charge in [0.25, 0.3) is 0 Å². The van der Waals surface area contributed by atoms with Crippen LogP contribution in [0.15, 0.2) is 6.07 Å². The Kier molecular flexibility index (Phi) is 3.03. The van der Waals surface area contributed by atoms with Crippen LogP contribution in [0.5, 0.6) is 0 Å². The van der Waals surface area contributed by atoms with Crippen molar-refractivity contribution in [2.45, 2.75) is 6.18 Å². The summed E-state index contributed by atoms with van der Waals surface area (Å²) in [5, 5.41) is 7.85. The van der Waals surface area contributed by atoms with Gasteiger partial charge in [0.1, 0.15) is 6.07 Å². The number of halogens is 5. The SMILES string of the molecule is N#Cc1c(Cl)cc(Cl)c(N)c1C(F)(F)F. The van der Waals surface area contributed by atoms with E-state index < -0.39 is 23.0 Å². The van der Waals surface area contributed by atoms with Gasteiger partial charge in [0.15, 0.2) is 0 Å². The first-order valence-corrected chi connectivity index (χ1v) is 4.29. The summed E-state index contributed by atoms with van der Waals surface area (Å²) in [4.78, 5) is 0. The molecular weight excluding hydrogens is 252 g/mol. The van der Waals surface area contributed by atoms with Crippen molar-refractivity contribution in [1.29, 1.82) is 5.26 Å². The molecule has 0 bridgehead atoms. The summed E-state index contributed by atoms with van der Waals surface area (Å²) >= 11 is 10.9. The van der Waals surface area contributed by atoms with Gasteiger partial charge in [0.2, 0.25) is 0 Å². The fourth-order valence-corrected chi connectivity index (χ4v) is 1.54. The van der Waals surface area contributed by atoms with Crippen LogP contribution in [0, 0.1) is 11.3 Å². The van der Waals surface area contributed by atoms with Gasteiger partial charge in [0.05, 0.1) is 26.9 Å². The van der Waals surface area contributed by atoms with Crippen LogP contribution in [0.1, 0.15) is 11.1 Å². The zero-order valence-electron chi connectivity index (χ0n) is 6.99. The molecular formula is C8H3Cl2F3N2. The molecule has 7 heteroatoms. The standard InChI is InChI=1S/C8H3Cl2F3N2/c9-4-1-5(10)7(15)6(3(4)2-14)8(11,12)13/h1H,15H2. The summed E-state index contributed by atoms with van der Waals surface area (Å²) in [7, 11) is 0. The van der Waals surface area contributed by atoms with Crippen LogP contribution in [0.4, 0.5) is 18.9 Å². The van der Waals surface area contributed by atoms with Crippen molar-refractivity contribution in [3.63, 3.8) is 0 Å². The van der Waals surface area contributed by atoms with Crippen LogP contribution in [0.25, 0.3) is 0 Å². The number of rotatable bonds is 0. The third-order valence-corrected chi connectivity index (χ3v) is 2.27. The highest BCUT2D eigenvalue weighted by molar-refractivity contribution is 6.37. The Hall–Kier alpha value is -1.12. The van der Waals surface area contributed by atoms with Crippen LogP contribution in [0.2, 0.25) is 10.0 Å². The Bertz CT molecular complexity index is 449. The van der Waals surface area contributed by atoms with Crippen molar-refractivity contribution < 1.29 is 13.2 Å². The first-order valence-electron chi connectivity index (χ1n) is 3.53. The van der Waals surface area contributed by atoms with Crippen molar-refractivity contribution in [3.05, 3.63) is 27.2 Å². The molecule has 0 aromatic heterocycles. The number of benzene rings is 1. The molecule has 0 saturated heterocycles. The van der Waals surface area contributed by atoms with Crippen LogP contribution in [-0.2, 0) is 6.18 Å². The second-order valence-electron chi connectivity index (χ2n) is 2.61. The van der Waals surface area contributed by atoms with E-state index in [0.717, 1.165) is 6.07 Å². The molecule has 80 valence electrons. The maximum absolute atomic E-state index is 12.5. The topological polar surface area (TPSA) is 49.8 Å². The largest absolute Gasteiger partial charge is 0.419 e. The van der Waals surface area contributed by atoms with Crippen molar-refractivity contribution in [2.24, 2.45) is 0 Å². The smallest absolute Gasteiger partial charge is 0.397 e. The minimum Gasteiger partial charge on any atom is -0.397 e. The molecule has 0 saturated carbocycles. The van der Waals surface area contributed by atoms with Crippen LogP contribution < -0.4 is 5.73 Å². The molecule has 0 unspecified atom stereocenters. The number of hydrogen-bond donors (Lipinski definition) is 1. The summed E-state index contributed by atoms with van der Waals surface area (Å²) in [5.74, 6) is 0. The quantitative estimate of drug-likeness (QED) is 0.721. The lowest BCUT2D eigenvalue weighted by Crippen LogP contribution is -2.12. The van der Waals surface area contributed by atoms with E-state index in [9.17, 15) is 13.2 Å². The Morgan fingerprint density at radius 2 is 1.80 bits per heavy atom. The highest BCUT2D eigenvalue weighted by Crippen LogP contribution is 2.41. The van der Waals surface area contributed by atoms with Gasteiger partial charge in [-0.15, -0.1) is 0 Å². The number of nitrogens with two attached hydrogens (primary N) is 1. The molecule has 0 atom stereocenters. The first-order chi connectivity index (χ1) is 6.79. The molecule has 2 nitrogen and oxygen atoms in total. The normalized spacial score (nSPS) is 11.2. The van der Waals surface area contributed by atoms with Gasteiger partial charge in [-0.3, -0.25) is 0 Å². The Labute approximate surface area is 93.0 Å². The Balaban J connectivity index is 3.68. The molecule has 1 rings (SSSR count). The lowest BCUT2D eigenvalue weighted by molar-refractivity contribution is -0.137. The van der Waals surface area contributed by atoms with E-state index in [1.807, 2.05) is 0 Å². The van der Waals surface area contributed by atoms with Crippen molar-refractivity contribution >= 4 is 28.9 Å². The average molecular weight is 255 g/mol. The molecule has 0 amide bonds. The van der Waals surface area contributed by atoms with Crippen LogP contribution >= 0.6 is 23.2 Å². The maximum atomic E-state index is 12.5. The number of nitriles is 1. The second-order valence-corrected chi connectivity index (χ2v) is 3.43. The van der Waals surface area contributed by atoms with E-state index in [0.29, 0.717) is 0 Å². The maximum Gasteiger partial charge on any atom is 0.419 e. The fraction of sp³-hybridized carbons (Fsp3) is 0.125. The molecule has 1 aromatic carbocycles. The van der Waals surface area contributed by atoms with Crippen molar-refractivity contribution in [3.8, 4) is 6.07 Å². The zero-order chi connectivity index (χ0) is 11.8. The number of nitrogens with zero attached hydrogens (tertiary/aromatic N) is 1. The Morgan fingerprint density at radius 3 is 2.20 bits per heavy atom.